The summed E-state index contributed by atoms with van der Waals surface area (Å²) in [4.78, 5) is 5.01. The standard InChI is InChI=1S/C16H27N3/c1-18-10-6-12-19(14-13-18)11-5-9-16(17)15-7-3-2-4-8-15/h2-4,7-8,16H,5-6,9-14,17H2,1H3. The summed E-state index contributed by atoms with van der Waals surface area (Å²) in [7, 11) is 2.22. The first-order valence-corrected chi connectivity index (χ1v) is 7.47. The molecule has 1 aromatic rings. The van der Waals surface area contributed by atoms with Crippen molar-refractivity contribution in [2.75, 3.05) is 39.8 Å². The van der Waals surface area contributed by atoms with E-state index in [9.17, 15) is 0 Å². The number of hydrogen-bond donors (Lipinski definition) is 1. The van der Waals surface area contributed by atoms with Gasteiger partial charge in [-0.25, -0.2) is 0 Å². The third kappa shape index (κ3) is 4.94. The first-order chi connectivity index (χ1) is 9.25. The van der Waals surface area contributed by atoms with Gasteiger partial charge in [0.25, 0.3) is 0 Å². The quantitative estimate of drug-likeness (QED) is 0.881. The van der Waals surface area contributed by atoms with Gasteiger partial charge >= 0.3 is 0 Å². The lowest BCUT2D eigenvalue weighted by atomic mass is 10.0. The summed E-state index contributed by atoms with van der Waals surface area (Å²) in [5, 5.41) is 0. The molecule has 0 amide bonds. The molecule has 3 nitrogen and oxygen atoms in total. The molecule has 1 aliphatic rings. The summed E-state index contributed by atoms with van der Waals surface area (Å²) in [6.07, 6.45) is 3.57. The fourth-order valence-electron chi connectivity index (χ4n) is 2.73. The van der Waals surface area contributed by atoms with Crippen molar-refractivity contribution >= 4 is 0 Å². The van der Waals surface area contributed by atoms with Gasteiger partial charge in [-0.15, -0.1) is 0 Å². The van der Waals surface area contributed by atoms with Crippen molar-refractivity contribution in [2.45, 2.75) is 25.3 Å². The van der Waals surface area contributed by atoms with Gasteiger partial charge in [0.15, 0.2) is 0 Å². The molecular formula is C16H27N3. The molecule has 0 bridgehead atoms. The highest BCUT2D eigenvalue weighted by molar-refractivity contribution is 5.18. The molecule has 1 saturated heterocycles. The number of nitrogens with zero attached hydrogens (tertiary/aromatic N) is 2. The predicted octanol–water partition coefficient (Wildman–Crippen LogP) is 2.10. The van der Waals surface area contributed by atoms with Crippen LogP contribution in [0.1, 0.15) is 30.9 Å². The zero-order valence-electron chi connectivity index (χ0n) is 12.1. The fourth-order valence-corrected chi connectivity index (χ4v) is 2.73. The van der Waals surface area contributed by atoms with Crippen molar-refractivity contribution in [1.29, 1.82) is 0 Å². The van der Waals surface area contributed by atoms with E-state index in [0.29, 0.717) is 0 Å². The van der Waals surface area contributed by atoms with Gasteiger partial charge in [0.05, 0.1) is 0 Å². The van der Waals surface area contributed by atoms with Crippen molar-refractivity contribution < 1.29 is 0 Å². The molecule has 2 rings (SSSR count). The molecule has 106 valence electrons. The van der Waals surface area contributed by atoms with Crippen LogP contribution in [0.25, 0.3) is 0 Å². The van der Waals surface area contributed by atoms with E-state index < -0.39 is 0 Å². The molecule has 1 aromatic carbocycles. The number of benzene rings is 1. The van der Waals surface area contributed by atoms with Gasteiger partial charge in [-0.05, 0) is 51.5 Å². The minimum Gasteiger partial charge on any atom is -0.324 e. The number of likely N-dealkylation sites (N-methyl/N-ethyl adjacent to an activating group) is 1. The second kappa shape index (κ2) is 7.63. The van der Waals surface area contributed by atoms with Crippen LogP contribution in [0.4, 0.5) is 0 Å². The smallest absolute Gasteiger partial charge is 0.0295 e. The van der Waals surface area contributed by atoms with Crippen LogP contribution < -0.4 is 5.73 Å². The molecule has 0 aliphatic carbocycles. The molecule has 1 atom stereocenters. The molecule has 19 heavy (non-hydrogen) atoms. The first kappa shape index (κ1) is 14.5. The van der Waals surface area contributed by atoms with Gasteiger partial charge in [0.2, 0.25) is 0 Å². The Hall–Kier alpha value is -0.900. The molecule has 0 saturated carbocycles. The van der Waals surface area contributed by atoms with E-state index in [1.165, 1.54) is 51.1 Å². The van der Waals surface area contributed by atoms with Gasteiger partial charge in [-0.2, -0.15) is 0 Å². The summed E-state index contributed by atoms with van der Waals surface area (Å²) >= 11 is 0. The summed E-state index contributed by atoms with van der Waals surface area (Å²) in [6, 6.07) is 10.6. The van der Waals surface area contributed by atoms with Crippen LogP contribution in [0.3, 0.4) is 0 Å². The van der Waals surface area contributed by atoms with E-state index in [0.717, 1.165) is 6.42 Å². The van der Waals surface area contributed by atoms with E-state index in [2.05, 4.69) is 41.1 Å². The van der Waals surface area contributed by atoms with Crippen LogP contribution in [-0.4, -0.2) is 49.6 Å². The summed E-state index contributed by atoms with van der Waals surface area (Å²) in [5.41, 5.74) is 7.50. The maximum atomic E-state index is 6.24. The maximum absolute atomic E-state index is 6.24. The molecule has 1 unspecified atom stereocenters. The zero-order valence-corrected chi connectivity index (χ0v) is 12.1. The molecule has 3 heteroatoms. The van der Waals surface area contributed by atoms with Crippen LogP contribution in [-0.2, 0) is 0 Å². The Morgan fingerprint density at radius 1 is 1.11 bits per heavy atom. The molecule has 2 N–H and O–H groups in total. The Morgan fingerprint density at radius 2 is 1.89 bits per heavy atom. The van der Waals surface area contributed by atoms with Crippen LogP contribution in [0, 0.1) is 0 Å². The second-order valence-corrected chi connectivity index (χ2v) is 5.66. The van der Waals surface area contributed by atoms with E-state index in [1.54, 1.807) is 0 Å². The Morgan fingerprint density at radius 3 is 2.68 bits per heavy atom. The lowest BCUT2D eigenvalue weighted by Gasteiger charge is -2.21. The summed E-state index contributed by atoms with van der Waals surface area (Å²) < 4.78 is 0. The van der Waals surface area contributed by atoms with E-state index in [-0.39, 0.29) is 6.04 Å². The third-order valence-electron chi connectivity index (χ3n) is 4.03. The van der Waals surface area contributed by atoms with Gasteiger partial charge in [0.1, 0.15) is 0 Å². The van der Waals surface area contributed by atoms with Crippen molar-refractivity contribution in [2.24, 2.45) is 5.73 Å². The van der Waals surface area contributed by atoms with Crippen molar-refractivity contribution in [3.8, 4) is 0 Å². The predicted molar refractivity (Wildman–Crippen MR) is 81.2 cm³/mol. The fraction of sp³-hybridized carbons (Fsp3) is 0.625. The first-order valence-electron chi connectivity index (χ1n) is 7.47. The number of hydrogen-bond acceptors (Lipinski definition) is 3. The normalized spacial score (nSPS) is 20.1. The maximum Gasteiger partial charge on any atom is 0.0295 e. The highest BCUT2D eigenvalue weighted by Crippen LogP contribution is 2.15. The molecule has 1 fully saturated rings. The van der Waals surface area contributed by atoms with Gasteiger partial charge in [-0.3, -0.25) is 0 Å². The second-order valence-electron chi connectivity index (χ2n) is 5.66. The lowest BCUT2D eigenvalue weighted by Crippen LogP contribution is -2.30. The Bertz CT molecular complexity index is 352. The summed E-state index contributed by atoms with van der Waals surface area (Å²) in [5.74, 6) is 0. The number of nitrogens with two attached hydrogens (primary N) is 1. The molecule has 1 heterocycles. The Balaban J connectivity index is 1.68. The van der Waals surface area contributed by atoms with Crippen LogP contribution in [0.2, 0.25) is 0 Å². The van der Waals surface area contributed by atoms with Crippen LogP contribution in [0.5, 0.6) is 0 Å². The topological polar surface area (TPSA) is 32.5 Å². The van der Waals surface area contributed by atoms with Crippen LogP contribution >= 0.6 is 0 Å². The molecular weight excluding hydrogens is 234 g/mol. The van der Waals surface area contributed by atoms with Crippen molar-refractivity contribution in [3.63, 3.8) is 0 Å². The van der Waals surface area contributed by atoms with E-state index in [4.69, 9.17) is 5.73 Å². The highest BCUT2D eigenvalue weighted by atomic mass is 15.2. The van der Waals surface area contributed by atoms with Crippen LogP contribution in [0.15, 0.2) is 30.3 Å². The zero-order chi connectivity index (χ0) is 13.5. The summed E-state index contributed by atoms with van der Waals surface area (Å²) in [6.45, 7) is 6.07. The Kier molecular flexibility index (Phi) is 5.83. The van der Waals surface area contributed by atoms with E-state index >= 15 is 0 Å². The van der Waals surface area contributed by atoms with Gasteiger partial charge in [0, 0.05) is 19.1 Å². The molecule has 1 aliphatic heterocycles. The average Bonchev–Trinajstić information content (AvgIpc) is 2.65. The van der Waals surface area contributed by atoms with Crippen molar-refractivity contribution in [1.82, 2.24) is 9.80 Å². The lowest BCUT2D eigenvalue weighted by molar-refractivity contribution is 0.269. The minimum absolute atomic E-state index is 0.191. The van der Waals surface area contributed by atoms with Crippen molar-refractivity contribution in [3.05, 3.63) is 35.9 Å². The van der Waals surface area contributed by atoms with Gasteiger partial charge in [-0.1, -0.05) is 30.3 Å². The largest absolute Gasteiger partial charge is 0.324 e. The monoisotopic (exact) mass is 261 g/mol. The minimum atomic E-state index is 0.191. The van der Waals surface area contributed by atoms with Gasteiger partial charge < -0.3 is 15.5 Å². The van der Waals surface area contributed by atoms with E-state index in [1.807, 2.05) is 6.07 Å². The highest BCUT2D eigenvalue weighted by Gasteiger charge is 2.12. The molecule has 0 aromatic heterocycles. The Labute approximate surface area is 117 Å². The molecule has 0 spiro atoms. The average molecular weight is 261 g/mol. The SMILES string of the molecule is CN1CCCN(CCCC(N)c2ccccc2)CC1. The molecule has 0 radical (unpaired) electrons. The number of rotatable bonds is 5. The third-order valence-corrected chi connectivity index (χ3v) is 4.03.